The van der Waals surface area contributed by atoms with E-state index in [9.17, 15) is 19.2 Å². The van der Waals surface area contributed by atoms with E-state index in [1.807, 2.05) is 83.3 Å². The Balaban J connectivity index is 0.823. The number of amidine groups is 2. The van der Waals surface area contributed by atoms with Gasteiger partial charge in [-0.1, -0.05) is 60.7 Å². The van der Waals surface area contributed by atoms with E-state index in [0.29, 0.717) is 61.5 Å². The molecule has 0 radical (unpaired) electrons. The first-order valence-corrected chi connectivity index (χ1v) is 21.4. The minimum atomic E-state index is -0.577. The van der Waals surface area contributed by atoms with Gasteiger partial charge in [0, 0.05) is 71.8 Å². The van der Waals surface area contributed by atoms with Crippen LogP contribution in [0.4, 0.5) is 0 Å². The number of aliphatic imine (C=N–C) groups is 3. The summed E-state index contributed by atoms with van der Waals surface area (Å²) in [4.78, 5) is 67.5. The third-order valence-corrected chi connectivity index (χ3v) is 12.0. The number of nitrogens with zero attached hydrogens (tertiary/aromatic N) is 7. The van der Waals surface area contributed by atoms with Crippen LogP contribution in [0, 0.1) is 20.8 Å². The molecule has 0 saturated carbocycles. The molecule has 0 saturated heterocycles. The number of rotatable bonds is 15. The highest BCUT2D eigenvalue weighted by atomic mass is 35.5. The van der Waals surface area contributed by atoms with E-state index in [2.05, 4.69) is 56.6 Å². The van der Waals surface area contributed by atoms with Crippen LogP contribution in [0.2, 0.25) is 5.02 Å². The van der Waals surface area contributed by atoms with Gasteiger partial charge in [0.2, 0.25) is 17.7 Å². The first kappa shape index (κ1) is 42.8. The van der Waals surface area contributed by atoms with Crippen molar-refractivity contribution in [2.24, 2.45) is 15.0 Å². The number of hydrogen-bond acceptors (Lipinski definition) is 9. The van der Waals surface area contributed by atoms with Crippen molar-refractivity contribution in [2.45, 2.75) is 71.9 Å². The van der Waals surface area contributed by atoms with Gasteiger partial charge in [0.25, 0.3) is 5.91 Å². The Bertz CT molecular complexity index is 2530. The molecular weight excluding hydrogens is 812 g/mol. The van der Waals surface area contributed by atoms with Crippen LogP contribution in [-0.2, 0) is 25.7 Å². The molecule has 7 rings (SSSR count). The number of thiophene rings is 1. The number of aryl methyl sites for hydroxylation is 2. The molecular formula is C45H47ClN10O4S. The molecule has 14 nitrogen and oxygen atoms in total. The van der Waals surface area contributed by atoms with Gasteiger partial charge in [-0.3, -0.25) is 28.7 Å². The summed E-state index contributed by atoms with van der Waals surface area (Å²) in [6.07, 6.45) is 9.25. The molecule has 16 heteroatoms. The van der Waals surface area contributed by atoms with Crippen LogP contribution in [0.15, 0.2) is 100 Å². The van der Waals surface area contributed by atoms with E-state index >= 15 is 0 Å². The molecule has 3 aliphatic rings. The summed E-state index contributed by atoms with van der Waals surface area (Å²) in [6.45, 7) is 11.3. The number of benzene rings is 2. The largest absolute Gasteiger partial charge is 0.356 e. The number of carbonyl (C=O) groups excluding carboxylic acids is 4. The number of halogens is 1. The van der Waals surface area contributed by atoms with Gasteiger partial charge in [-0.05, 0) is 81.0 Å². The molecule has 0 bridgehead atoms. The number of carbonyl (C=O) groups is 4. The Hall–Kier alpha value is -6.32. The van der Waals surface area contributed by atoms with Crippen molar-refractivity contribution >= 4 is 63.9 Å². The molecule has 0 aliphatic carbocycles. The predicted molar refractivity (Wildman–Crippen MR) is 238 cm³/mol. The first-order valence-electron chi connectivity index (χ1n) is 20.2. The molecule has 3 N–H and O–H groups in total. The molecule has 3 aliphatic heterocycles. The topological polar surface area (TPSA) is 175 Å². The van der Waals surface area contributed by atoms with Gasteiger partial charge < -0.3 is 20.9 Å². The van der Waals surface area contributed by atoms with Crippen LogP contribution in [0.3, 0.4) is 0 Å². The first-order chi connectivity index (χ1) is 29.5. The minimum Gasteiger partial charge on any atom is -0.356 e. The fraction of sp³-hybridized carbons (Fsp3) is 0.311. The summed E-state index contributed by atoms with van der Waals surface area (Å²) in [5.74, 6) is 1.30. The van der Waals surface area contributed by atoms with Crippen molar-refractivity contribution < 1.29 is 19.2 Å². The number of fused-ring (bicyclic) bond motifs is 5. The van der Waals surface area contributed by atoms with E-state index in [4.69, 9.17) is 16.6 Å². The third kappa shape index (κ3) is 10.2. The Labute approximate surface area is 363 Å². The zero-order valence-electron chi connectivity index (χ0n) is 34.3. The lowest BCUT2D eigenvalue weighted by molar-refractivity contribution is -0.126. The average molecular weight is 859 g/mol. The van der Waals surface area contributed by atoms with Crippen LogP contribution in [0.1, 0.15) is 88.9 Å². The molecule has 314 valence electrons. The monoisotopic (exact) mass is 858 g/mol. The zero-order chi connectivity index (χ0) is 43.0. The normalized spacial score (nSPS) is 15.8. The molecule has 2 aromatic carbocycles. The molecule has 61 heavy (non-hydrogen) atoms. The average Bonchev–Trinajstić information content (AvgIpc) is 3.67. The van der Waals surface area contributed by atoms with Gasteiger partial charge in [-0.2, -0.15) is 4.99 Å². The van der Waals surface area contributed by atoms with Crippen LogP contribution < -0.4 is 16.0 Å². The van der Waals surface area contributed by atoms with Gasteiger partial charge >= 0.3 is 0 Å². The fourth-order valence-electron chi connectivity index (χ4n) is 7.27. The molecule has 4 aromatic rings. The van der Waals surface area contributed by atoms with Crippen molar-refractivity contribution in [3.63, 3.8) is 0 Å². The second-order valence-corrected chi connectivity index (χ2v) is 16.5. The maximum atomic E-state index is 13.3. The maximum Gasteiger partial charge on any atom is 0.271 e. The second kappa shape index (κ2) is 19.4. The fourth-order valence-corrected chi connectivity index (χ4v) is 8.61. The molecule has 0 spiro atoms. The highest BCUT2D eigenvalue weighted by Crippen LogP contribution is 2.39. The van der Waals surface area contributed by atoms with Crippen molar-refractivity contribution in [3.8, 4) is 5.00 Å². The van der Waals surface area contributed by atoms with E-state index in [1.165, 1.54) is 11.0 Å². The third-order valence-electron chi connectivity index (χ3n) is 10.5. The van der Waals surface area contributed by atoms with Gasteiger partial charge in [-0.15, -0.1) is 21.5 Å². The maximum absolute atomic E-state index is 13.3. The smallest absolute Gasteiger partial charge is 0.271 e. The van der Waals surface area contributed by atoms with E-state index in [-0.39, 0.29) is 37.0 Å². The zero-order valence-corrected chi connectivity index (χ0v) is 35.9. The van der Waals surface area contributed by atoms with Gasteiger partial charge in [0.15, 0.2) is 11.7 Å². The summed E-state index contributed by atoms with van der Waals surface area (Å²) < 4.78 is 2.01. The van der Waals surface area contributed by atoms with Crippen LogP contribution in [-0.4, -0.2) is 80.3 Å². The Morgan fingerprint density at radius 3 is 2.36 bits per heavy atom. The van der Waals surface area contributed by atoms with Gasteiger partial charge in [-0.25, -0.2) is 4.99 Å². The molecule has 0 unspecified atom stereocenters. The molecule has 5 heterocycles. The van der Waals surface area contributed by atoms with Gasteiger partial charge in [0.05, 0.1) is 12.1 Å². The van der Waals surface area contributed by atoms with Crippen molar-refractivity contribution in [1.29, 1.82) is 0 Å². The lowest BCUT2D eigenvalue weighted by Crippen LogP contribution is -2.31. The molecule has 0 fully saturated rings. The summed E-state index contributed by atoms with van der Waals surface area (Å²) in [7, 11) is 0. The van der Waals surface area contributed by atoms with Crippen LogP contribution in [0.5, 0.6) is 0 Å². The standard InChI is InChI=1S/C45H47ClN10O4S/c1-5-37(57)52-43-34-12-7-6-11-32(34)26-55-25-30(13-18-36(55)51-43)10-8-21-47-38(58)19-20-39(59)48-22-9-23-49-40(60)24-35-44-54-53-29(4)56(44)45-41(27(2)28(3)61-45)42(50-35)31-14-16-33(46)17-15-31/h5-7,11-18,25,35H,1,8-10,19-24,26H2,2-4H3,(H,47,58)(H,48,59)(H,49,60)/t35-/m0/s1. The summed E-state index contributed by atoms with van der Waals surface area (Å²) in [5.41, 5.74) is 6.67. The van der Waals surface area contributed by atoms with E-state index < -0.39 is 11.9 Å². The SMILES string of the molecule is C=CC(=O)N=C1N=C2C=CC(CCCNC(=O)CCC(=O)NCCCNC(=O)C[C@@H]3N=C(c4ccc(Cl)cc4)c4c(sc(C)c4C)-n4c(C)nnc43)=CN2Cc2ccccc21. The lowest BCUT2D eigenvalue weighted by atomic mass is 9.99. The number of nitrogens with one attached hydrogen (secondary N) is 3. The van der Waals surface area contributed by atoms with Gasteiger partial charge in [0.1, 0.15) is 22.7 Å². The molecule has 1 atom stereocenters. The highest BCUT2D eigenvalue weighted by molar-refractivity contribution is 7.15. The second-order valence-electron chi connectivity index (χ2n) is 14.9. The van der Waals surface area contributed by atoms with Crippen molar-refractivity contribution in [2.75, 3.05) is 19.6 Å². The van der Waals surface area contributed by atoms with Crippen LogP contribution >= 0.6 is 22.9 Å². The lowest BCUT2D eigenvalue weighted by Gasteiger charge is -2.23. The Morgan fingerprint density at radius 2 is 1.62 bits per heavy atom. The Morgan fingerprint density at radius 1 is 0.918 bits per heavy atom. The quantitative estimate of drug-likeness (QED) is 0.0927. The highest BCUT2D eigenvalue weighted by Gasteiger charge is 2.32. The summed E-state index contributed by atoms with van der Waals surface area (Å²) in [5, 5.41) is 19.1. The summed E-state index contributed by atoms with van der Waals surface area (Å²) in [6, 6.07) is 14.7. The number of amides is 4. The van der Waals surface area contributed by atoms with Crippen molar-refractivity contribution in [3.05, 3.63) is 134 Å². The van der Waals surface area contributed by atoms with Crippen molar-refractivity contribution in [1.82, 2.24) is 35.6 Å². The van der Waals surface area contributed by atoms with E-state index in [1.54, 1.807) is 11.3 Å². The van der Waals surface area contributed by atoms with Crippen LogP contribution in [0.25, 0.3) is 5.00 Å². The Kier molecular flexibility index (Phi) is 13.6. The molecule has 4 amide bonds. The minimum absolute atomic E-state index is 0.0640. The summed E-state index contributed by atoms with van der Waals surface area (Å²) >= 11 is 7.87. The molecule has 2 aromatic heterocycles. The number of hydrogen-bond donors (Lipinski definition) is 3. The van der Waals surface area contributed by atoms with E-state index in [0.717, 1.165) is 56.3 Å². The number of allylic oxidation sites excluding steroid dienone is 2. The predicted octanol–water partition coefficient (Wildman–Crippen LogP) is 6.32. The number of aromatic nitrogens is 3.